The number of benzene rings is 1. The van der Waals surface area contributed by atoms with Crippen molar-refractivity contribution in [3.63, 3.8) is 0 Å². The molecular formula is C15H19N3O2. The van der Waals surface area contributed by atoms with Gasteiger partial charge >= 0.3 is 5.97 Å². The Morgan fingerprint density at radius 2 is 2.15 bits per heavy atom. The van der Waals surface area contributed by atoms with Crippen LogP contribution >= 0.6 is 0 Å². The summed E-state index contributed by atoms with van der Waals surface area (Å²) in [7, 11) is 0. The molecule has 0 fully saturated rings. The number of hydrogen-bond acceptors (Lipinski definition) is 3. The zero-order valence-electron chi connectivity index (χ0n) is 11.5. The van der Waals surface area contributed by atoms with E-state index in [4.69, 9.17) is 0 Å². The van der Waals surface area contributed by atoms with Crippen molar-refractivity contribution < 1.29 is 9.90 Å². The largest absolute Gasteiger partial charge is 0.481 e. The minimum absolute atomic E-state index is 0.416. The van der Waals surface area contributed by atoms with E-state index < -0.39 is 11.9 Å². The lowest BCUT2D eigenvalue weighted by Crippen LogP contribution is -2.29. The fraction of sp³-hybridized carbons (Fsp3) is 0.333. The minimum Gasteiger partial charge on any atom is -0.481 e. The van der Waals surface area contributed by atoms with Crippen molar-refractivity contribution in [3.8, 4) is 0 Å². The molecule has 1 aromatic heterocycles. The zero-order valence-corrected chi connectivity index (χ0v) is 11.5. The summed E-state index contributed by atoms with van der Waals surface area (Å²) in [4.78, 5) is 11.3. The van der Waals surface area contributed by atoms with Crippen molar-refractivity contribution in [2.75, 3.05) is 13.1 Å². The maximum Gasteiger partial charge on any atom is 0.312 e. The number of aryl methyl sites for hydroxylation is 1. The molecule has 0 aliphatic rings. The lowest BCUT2D eigenvalue weighted by atomic mass is 9.99. The molecule has 1 atom stereocenters. The van der Waals surface area contributed by atoms with Crippen LogP contribution in [0.25, 0.3) is 0 Å². The van der Waals surface area contributed by atoms with Gasteiger partial charge in [0.1, 0.15) is 0 Å². The second-order valence-electron chi connectivity index (χ2n) is 4.79. The number of nitrogens with zero attached hydrogens (tertiary/aromatic N) is 2. The third kappa shape index (κ3) is 3.93. The summed E-state index contributed by atoms with van der Waals surface area (Å²) in [6, 6.07) is 9.29. The third-order valence-corrected chi connectivity index (χ3v) is 3.13. The summed E-state index contributed by atoms with van der Waals surface area (Å²) in [5.41, 5.74) is 1.94. The number of carbonyl (C=O) groups is 1. The highest BCUT2D eigenvalue weighted by Crippen LogP contribution is 2.14. The van der Waals surface area contributed by atoms with E-state index in [9.17, 15) is 9.90 Å². The topological polar surface area (TPSA) is 67.2 Å². The van der Waals surface area contributed by atoms with Crippen molar-refractivity contribution in [2.24, 2.45) is 0 Å². The average molecular weight is 273 g/mol. The molecule has 0 spiro atoms. The van der Waals surface area contributed by atoms with Crippen LogP contribution in [0.4, 0.5) is 0 Å². The van der Waals surface area contributed by atoms with Crippen LogP contribution in [-0.2, 0) is 11.3 Å². The van der Waals surface area contributed by atoms with Crippen LogP contribution in [0.1, 0.15) is 17.0 Å². The van der Waals surface area contributed by atoms with Crippen molar-refractivity contribution >= 4 is 5.97 Å². The Bertz CT molecular complexity index is 551. The molecule has 0 aliphatic carbocycles. The van der Waals surface area contributed by atoms with Gasteiger partial charge in [-0.05, 0) is 18.1 Å². The molecule has 5 nitrogen and oxygen atoms in total. The lowest BCUT2D eigenvalue weighted by molar-refractivity contribution is -0.138. The highest BCUT2D eigenvalue weighted by atomic mass is 16.4. The van der Waals surface area contributed by atoms with Gasteiger partial charge < -0.3 is 10.4 Å². The molecule has 1 heterocycles. The molecule has 5 heteroatoms. The van der Waals surface area contributed by atoms with Gasteiger partial charge in [-0.25, -0.2) is 0 Å². The first-order valence-electron chi connectivity index (χ1n) is 6.64. The summed E-state index contributed by atoms with van der Waals surface area (Å²) in [6.45, 7) is 3.83. The van der Waals surface area contributed by atoms with Crippen LogP contribution in [-0.4, -0.2) is 33.9 Å². The number of carboxylic acids is 1. The Morgan fingerprint density at radius 3 is 2.75 bits per heavy atom. The maximum absolute atomic E-state index is 11.3. The quantitative estimate of drug-likeness (QED) is 0.753. The fourth-order valence-electron chi connectivity index (χ4n) is 2.06. The van der Waals surface area contributed by atoms with Gasteiger partial charge in [0.2, 0.25) is 0 Å². The van der Waals surface area contributed by atoms with Gasteiger partial charge in [-0.3, -0.25) is 9.48 Å². The Morgan fingerprint density at radius 1 is 1.40 bits per heavy atom. The smallest absolute Gasteiger partial charge is 0.312 e. The highest BCUT2D eigenvalue weighted by molar-refractivity contribution is 5.76. The molecule has 0 radical (unpaired) electrons. The second kappa shape index (κ2) is 6.86. The zero-order chi connectivity index (χ0) is 14.4. The van der Waals surface area contributed by atoms with Gasteiger partial charge in [-0.2, -0.15) is 5.10 Å². The number of carboxylic acid groups (broad SMARTS) is 1. The van der Waals surface area contributed by atoms with Crippen molar-refractivity contribution in [1.29, 1.82) is 0 Å². The Balaban J connectivity index is 1.83. The van der Waals surface area contributed by atoms with Gasteiger partial charge in [-0.1, -0.05) is 30.3 Å². The molecule has 2 N–H and O–H groups in total. The van der Waals surface area contributed by atoms with E-state index in [2.05, 4.69) is 10.4 Å². The maximum atomic E-state index is 11.3. The SMILES string of the molecule is Cc1cnn(CCNCC(C(=O)O)c2ccccc2)c1. The summed E-state index contributed by atoms with van der Waals surface area (Å²) < 4.78 is 1.85. The van der Waals surface area contributed by atoms with E-state index in [1.165, 1.54) is 0 Å². The number of aliphatic carboxylic acids is 1. The second-order valence-corrected chi connectivity index (χ2v) is 4.79. The average Bonchev–Trinajstić information content (AvgIpc) is 2.85. The summed E-state index contributed by atoms with van der Waals surface area (Å²) in [5.74, 6) is -1.32. The number of aromatic nitrogens is 2. The van der Waals surface area contributed by atoms with Gasteiger partial charge in [-0.15, -0.1) is 0 Å². The minimum atomic E-state index is -0.807. The Labute approximate surface area is 118 Å². The molecule has 2 aromatic rings. The first-order valence-corrected chi connectivity index (χ1v) is 6.64. The lowest BCUT2D eigenvalue weighted by Gasteiger charge is -2.13. The van der Waals surface area contributed by atoms with Crippen LogP contribution in [0.2, 0.25) is 0 Å². The van der Waals surface area contributed by atoms with Crippen LogP contribution in [0.5, 0.6) is 0 Å². The number of rotatable bonds is 7. The van der Waals surface area contributed by atoms with Gasteiger partial charge in [0, 0.05) is 19.3 Å². The molecule has 0 saturated carbocycles. The van der Waals surface area contributed by atoms with E-state index in [0.29, 0.717) is 13.1 Å². The van der Waals surface area contributed by atoms with Gasteiger partial charge in [0.05, 0.1) is 18.7 Å². The van der Waals surface area contributed by atoms with E-state index in [1.807, 2.05) is 54.3 Å². The van der Waals surface area contributed by atoms with Gasteiger partial charge in [0.25, 0.3) is 0 Å². The summed E-state index contributed by atoms with van der Waals surface area (Å²) in [6.07, 6.45) is 3.78. The molecule has 106 valence electrons. The summed E-state index contributed by atoms with van der Waals surface area (Å²) in [5, 5.41) is 16.7. The first kappa shape index (κ1) is 14.3. The van der Waals surface area contributed by atoms with E-state index in [-0.39, 0.29) is 0 Å². The first-order chi connectivity index (χ1) is 9.66. The Kier molecular flexibility index (Phi) is 4.90. The monoisotopic (exact) mass is 273 g/mol. The molecule has 0 aliphatic heterocycles. The molecule has 0 saturated heterocycles. The summed E-state index contributed by atoms with van der Waals surface area (Å²) >= 11 is 0. The predicted molar refractivity (Wildman–Crippen MR) is 76.7 cm³/mol. The Hall–Kier alpha value is -2.14. The molecule has 1 unspecified atom stereocenters. The molecule has 0 amide bonds. The van der Waals surface area contributed by atoms with E-state index >= 15 is 0 Å². The number of hydrogen-bond donors (Lipinski definition) is 2. The van der Waals surface area contributed by atoms with Gasteiger partial charge in [0.15, 0.2) is 0 Å². The molecule has 20 heavy (non-hydrogen) atoms. The van der Waals surface area contributed by atoms with Crippen LogP contribution in [0.3, 0.4) is 0 Å². The van der Waals surface area contributed by atoms with E-state index in [0.717, 1.165) is 17.7 Å². The van der Waals surface area contributed by atoms with Crippen LogP contribution in [0.15, 0.2) is 42.7 Å². The molecular weight excluding hydrogens is 254 g/mol. The fourth-order valence-corrected chi connectivity index (χ4v) is 2.06. The number of nitrogens with one attached hydrogen (secondary N) is 1. The van der Waals surface area contributed by atoms with E-state index in [1.54, 1.807) is 0 Å². The van der Waals surface area contributed by atoms with Crippen molar-refractivity contribution in [2.45, 2.75) is 19.4 Å². The highest BCUT2D eigenvalue weighted by Gasteiger charge is 2.18. The standard InChI is InChI=1S/C15H19N3O2/c1-12-9-17-18(11-12)8-7-16-10-14(15(19)20)13-5-3-2-4-6-13/h2-6,9,11,14,16H,7-8,10H2,1H3,(H,19,20). The molecule has 1 aromatic carbocycles. The molecule has 2 rings (SSSR count). The predicted octanol–water partition coefficient (Wildman–Crippen LogP) is 1.65. The van der Waals surface area contributed by atoms with Crippen LogP contribution in [0, 0.1) is 6.92 Å². The molecule has 0 bridgehead atoms. The van der Waals surface area contributed by atoms with Crippen molar-refractivity contribution in [1.82, 2.24) is 15.1 Å². The third-order valence-electron chi connectivity index (χ3n) is 3.13. The van der Waals surface area contributed by atoms with Crippen molar-refractivity contribution in [3.05, 3.63) is 53.9 Å². The van der Waals surface area contributed by atoms with Crippen LogP contribution < -0.4 is 5.32 Å². The normalized spacial score (nSPS) is 12.2.